The zero-order valence-corrected chi connectivity index (χ0v) is 10.1. The number of rotatable bonds is 4. The normalized spacial score (nSPS) is 14.1. The molecule has 84 valence electrons. The van der Waals surface area contributed by atoms with Gasteiger partial charge in [0.05, 0.1) is 6.04 Å². The highest BCUT2D eigenvalue weighted by molar-refractivity contribution is 6.30. The lowest BCUT2D eigenvalue weighted by Gasteiger charge is -2.13. The largest absolute Gasteiger partial charge is 0.320 e. The van der Waals surface area contributed by atoms with Crippen molar-refractivity contribution in [3.05, 3.63) is 71.3 Å². The highest BCUT2D eigenvalue weighted by Crippen LogP contribution is 2.21. The Kier molecular flexibility index (Phi) is 5.03. The molecule has 2 heteroatoms. The van der Waals surface area contributed by atoms with Crippen LogP contribution >= 0.6 is 11.6 Å². The summed E-state index contributed by atoms with van der Waals surface area (Å²) in [5.41, 5.74) is 8.22. The van der Waals surface area contributed by atoms with Crippen molar-refractivity contribution >= 4 is 11.6 Å². The minimum Gasteiger partial charge on any atom is -0.320 e. The van der Waals surface area contributed by atoms with Crippen molar-refractivity contribution < 1.29 is 0 Å². The Morgan fingerprint density at radius 1 is 1.38 bits per heavy atom. The Morgan fingerprint density at radius 2 is 2.00 bits per heavy atom. The molecule has 0 heterocycles. The summed E-state index contributed by atoms with van der Waals surface area (Å²) < 4.78 is 0. The van der Waals surface area contributed by atoms with Gasteiger partial charge >= 0.3 is 0 Å². The van der Waals surface area contributed by atoms with Gasteiger partial charge in [-0.2, -0.15) is 0 Å². The number of hydrogen-bond donors (Lipinski definition) is 1. The lowest BCUT2D eigenvalue weighted by molar-refractivity contribution is 0.870. The molecule has 0 saturated carbocycles. The van der Waals surface area contributed by atoms with Crippen LogP contribution in [-0.4, -0.2) is 0 Å². The van der Waals surface area contributed by atoms with Crippen molar-refractivity contribution in [3.8, 4) is 0 Å². The number of benzene rings is 1. The third-order valence-electron chi connectivity index (χ3n) is 2.26. The molecule has 0 amide bonds. The van der Waals surface area contributed by atoms with Crippen molar-refractivity contribution in [2.75, 3.05) is 0 Å². The standard InChI is InChI=1S/C14H16ClN/c1-3-5-11(6-4-2)14(16)12-7-9-13(15)10-8-12/h3-10,14H,1,16H2,2H3/b6-4-,11-5+. The van der Waals surface area contributed by atoms with E-state index >= 15 is 0 Å². The third kappa shape index (κ3) is 3.37. The molecule has 0 fully saturated rings. The lowest BCUT2D eigenvalue weighted by Crippen LogP contribution is -2.11. The summed E-state index contributed by atoms with van der Waals surface area (Å²) in [5.74, 6) is 0. The van der Waals surface area contributed by atoms with Crippen LogP contribution in [0, 0.1) is 0 Å². The van der Waals surface area contributed by atoms with Gasteiger partial charge in [-0.1, -0.05) is 54.6 Å². The fourth-order valence-corrected chi connectivity index (χ4v) is 1.58. The second-order valence-electron chi connectivity index (χ2n) is 3.43. The van der Waals surface area contributed by atoms with Crippen molar-refractivity contribution in [3.63, 3.8) is 0 Å². The summed E-state index contributed by atoms with van der Waals surface area (Å²) in [4.78, 5) is 0. The summed E-state index contributed by atoms with van der Waals surface area (Å²) in [6, 6.07) is 7.42. The molecule has 0 aliphatic rings. The van der Waals surface area contributed by atoms with Crippen LogP contribution in [0.2, 0.25) is 5.02 Å². The second kappa shape index (κ2) is 6.31. The maximum atomic E-state index is 6.15. The predicted molar refractivity (Wildman–Crippen MR) is 71.5 cm³/mol. The van der Waals surface area contributed by atoms with E-state index in [0.29, 0.717) is 0 Å². The Hall–Kier alpha value is -1.31. The molecule has 0 aliphatic carbocycles. The van der Waals surface area contributed by atoms with Crippen LogP contribution in [0.5, 0.6) is 0 Å². The van der Waals surface area contributed by atoms with Gasteiger partial charge < -0.3 is 5.73 Å². The second-order valence-corrected chi connectivity index (χ2v) is 3.87. The molecule has 0 aliphatic heterocycles. The summed E-state index contributed by atoms with van der Waals surface area (Å²) in [6.07, 6.45) is 7.61. The van der Waals surface area contributed by atoms with E-state index in [-0.39, 0.29) is 6.04 Å². The van der Waals surface area contributed by atoms with Gasteiger partial charge in [-0.25, -0.2) is 0 Å². The molecule has 0 spiro atoms. The first-order valence-electron chi connectivity index (χ1n) is 5.15. The van der Waals surface area contributed by atoms with Crippen LogP contribution < -0.4 is 5.73 Å². The van der Waals surface area contributed by atoms with Gasteiger partial charge in [0.1, 0.15) is 0 Å². The van der Waals surface area contributed by atoms with Crippen LogP contribution in [-0.2, 0) is 0 Å². The minimum absolute atomic E-state index is 0.147. The average molecular weight is 234 g/mol. The Balaban J connectivity index is 2.98. The first-order chi connectivity index (χ1) is 7.69. The van der Waals surface area contributed by atoms with Gasteiger partial charge in [0, 0.05) is 5.02 Å². The summed E-state index contributed by atoms with van der Waals surface area (Å²) in [7, 11) is 0. The van der Waals surface area contributed by atoms with Gasteiger partial charge in [-0.15, -0.1) is 0 Å². The van der Waals surface area contributed by atoms with Gasteiger partial charge in [0.25, 0.3) is 0 Å². The monoisotopic (exact) mass is 233 g/mol. The van der Waals surface area contributed by atoms with Gasteiger partial charge in [0.2, 0.25) is 0 Å². The molecule has 1 atom stereocenters. The van der Waals surface area contributed by atoms with Crippen molar-refractivity contribution in [1.82, 2.24) is 0 Å². The van der Waals surface area contributed by atoms with Crippen LogP contribution in [0.15, 0.2) is 60.7 Å². The third-order valence-corrected chi connectivity index (χ3v) is 2.51. The van der Waals surface area contributed by atoms with E-state index in [1.54, 1.807) is 6.08 Å². The molecule has 1 aromatic rings. The Bertz CT molecular complexity index is 401. The summed E-state index contributed by atoms with van der Waals surface area (Å²) in [5, 5.41) is 0.719. The van der Waals surface area contributed by atoms with E-state index in [1.807, 2.05) is 49.4 Å². The number of halogens is 1. The van der Waals surface area contributed by atoms with Crippen LogP contribution in [0.25, 0.3) is 0 Å². The van der Waals surface area contributed by atoms with Crippen LogP contribution in [0.3, 0.4) is 0 Å². The highest BCUT2D eigenvalue weighted by Gasteiger charge is 2.08. The SMILES string of the molecule is C=C/C=C(\C=C/C)C(N)c1ccc(Cl)cc1. The average Bonchev–Trinajstić information content (AvgIpc) is 2.29. The fraction of sp³-hybridized carbons (Fsp3) is 0.143. The fourth-order valence-electron chi connectivity index (χ4n) is 1.45. The van der Waals surface area contributed by atoms with E-state index in [9.17, 15) is 0 Å². The van der Waals surface area contributed by atoms with Crippen molar-refractivity contribution in [1.29, 1.82) is 0 Å². The molecule has 1 nitrogen and oxygen atoms in total. The van der Waals surface area contributed by atoms with Gasteiger partial charge in [0.15, 0.2) is 0 Å². The number of allylic oxidation sites excluding steroid dienone is 3. The molecule has 0 saturated heterocycles. The van der Waals surface area contributed by atoms with Crippen LogP contribution in [0.4, 0.5) is 0 Å². The minimum atomic E-state index is -0.147. The first-order valence-corrected chi connectivity index (χ1v) is 5.53. The van der Waals surface area contributed by atoms with Crippen LogP contribution in [0.1, 0.15) is 18.5 Å². The molecule has 0 aromatic heterocycles. The molecular weight excluding hydrogens is 218 g/mol. The molecule has 1 unspecified atom stereocenters. The Labute approximate surface area is 102 Å². The molecule has 2 N–H and O–H groups in total. The highest BCUT2D eigenvalue weighted by atomic mass is 35.5. The quantitative estimate of drug-likeness (QED) is 0.781. The maximum absolute atomic E-state index is 6.15. The Morgan fingerprint density at radius 3 is 2.50 bits per heavy atom. The van der Waals surface area contributed by atoms with E-state index in [4.69, 9.17) is 17.3 Å². The summed E-state index contributed by atoms with van der Waals surface area (Å²) in [6.45, 7) is 5.65. The van der Waals surface area contributed by atoms with Gasteiger partial charge in [-0.05, 0) is 30.2 Å². The molecule has 1 aromatic carbocycles. The smallest absolute Gasteiger partial charge is 0.0551 e. The van der Waals surface area contributed by atoms with E-state index in [2.05, 4.69) is 6.58 Å². The molecule has 0 bridgehead atoms. The zero-order chi connectivity index (χ0) is 12.0. The molecular formula is C14H16ClN. The predicted octanol–water partition coefficient (Wildman–Crippen LogP) is 4.03. The summed E-state index contributed by atoms with van der Waals surface area (Å²) >= 11 is 5.83. The van der Waals surface area contributed by atoms with E-state index < -0.39 is 0 Å². The molecule has 16 heavy (non-hydrogen) atoms. The molecule has 1 rings (SSSR count). The number of hydrogen-bond acceptors (Lipinski definition) is 1. The number of nitrogens with two attached hydrogens (primary N) is 1. The first kappa shape index (κ1) is 12.8. The van der Waals surface area contributed by atoms with Crippen molar-refractivity contribution in [2.45, 2.75) is 13.0 Å². The lowest BCUT2D eigenvalue weighted by atomic mass is 9.99. The van der Waals surface area contributed by atoms with Gasteiger partial charge in [-0.3, -0.25) is 0 Å². The van der Waals surface area contributed by atoms with Crippen molar-refractivity contribution in [2.24, 2.45) is 5.73 Å². The topological polar surface area (TPSA) is 26.0 Å². The zero-order valence-electron chi connectivity index (χ0n) is 9.36. The maximum Gasteiger partial charge on any atom is 0.0551 e. The van der Waals surface area contributed by atoms with E-state index in [1.165, 1.54) is 0 Å². The molecule has 0 radical (unpaired) electrons. The van der Waals surface area contributed by atoms with E-state index in [0.717, 1.165) is 16.2 Å².